The molecular weight excluding hydrogens is 304 g/mol. The molecule has 1 N–H and O–H groups in total. The molecular formula is C15H23BrN2O. The molecule has 1 aromatic rings. The number of methoxy groups -OCH3 is 1. The lowest BCUT2D eigenvalue weighted by Crippen LogP contribution is -2.37. The van der Waals surface area contributed by atoms with Crippen molar-refractivity contribution in [1.82, 2.24) is 5.32 Å². The van der Waals surface area contributed by atoms with E-state index >= 15 is 0 Å². The molecule has 1 saturated heterocycles. The quantitative estimate of drug-likeness (QED) is 0.917. The predicted octanol–water partition coefficient (Wildman–Crippen LogP) is 3.43. The maximum atomic E-state index is 5.51. The topological polar surface area (TPSA) is 24.5 Å². The van der Waals surface area contributed by atoms with Gasteiger partial charge in [0.25, 0.3) is 0 Å². The van der Waals surface area contributed by atoms with Gasteiger partial charge in [-0.3, -0.25) is 0 Å². The maximum Gasteiger partial charge on any atom is 0.142 e. The summed E-state index contributed by atoms with van der Waals surface area (Å²) in [6.07, 6.45) is 3.63. The number of hydrogen-bond donors (Lipinski definition) is 1. The van der Waals surface area contributed by atoms with Gasteiger partial charge in [-0.05, 0) is 37.6 Å². The minimum atomic E-state index is 0.580. The van der Waals surface area contributed by atoms with Crippen LogP contribution in [0.2, 0.25) is 0 Å². The van der Waals surface area contributed by atoms with E-state index in [-0.39, 0.29) is 0 Å². The minimum absolute atomic E-state index is 0.580. The van der Waals surface area contributed by atoms with Gasteiger partial charge in [0, 0.05) is 23.6 Å². The molecule has 0 spiro atoms. The molecule has 1 unspecified atom stereocenters. The lowest BCUT2D eigenvalue weighted by molar-refractivity contribution is 0.413. The van der Waals surface area contributed by atoms with Gasteiger partial charge in [0.1, 0.15) is 5.75 Å². The number of nitrogens with zero attached hydrogens (tertiary/aromatic N) is 1. The van der Waals surface area contributed by atoms with E-state index in [2.05, 4.69) is 39.1 Å². The standard InChI is InChI=1S/C15H23BrN2O/c1-3-5-13-11-18(9-4-8-17-13)14-10-12(16)6-7-15(14)19-2/h6-7,10,13,17H,3-5,8-9,11H2,1-2H3. The number of hydrogen-bond acceptors (Lipinski definition) is 3. The van der Waals surface area contributed by atoms with Crippen molar-refractivity contribution in [2.75, 3.05) is 31.6 Å². The van der Waals surface area contributed by atoms with Crippen LogP contribution in [-0.2, 0) is 0 Å². The van der Waals surface area contributed by atoms with Gasteiger partial charge in [-0.1, -0.05) is 29.3 Å². The van der Waals surface area contributed by atoms with Crippen molar-refractivity contribution in [1.29, 1.82) is 0 Å². The van der Waals surface area contributed by atoms with Gasteiger partial charge in [0.2, 0.25) is 0 Å². The van der Waals surface area contributed by atoms with Crippen molar-refractivity contribution < 1.29 is 4.74 Å². The predicted molar refractivity (Wildman–Crippen MR) is 84.2 cm³/mol. The fourth-order valence-electron chi connectivity index (χ4n) is 2.67. The molecule has 0 radical (unpaired) electrons. The Balaban J connectivity index is 2.20. The summed E-state index contributed by atoms with van der Waals surface area (Å²) in [6.45, 7) is 5.49. The van der Waals surface area contributed by atoms with Crippen LogP contribution in [0.25, 0.3) is 0 Å². The Morgan fingerprint density at radius 3 is 3.05 bits per heavy atom. The molecule has 0 saturated carbocycles. The van der Waals surface area contributed by atoms with Gasteiger partial charge in [0.05, 0.1) is 12.8 Å². The number of benzene rings is 1. The third-order valence-corrected chi connectivity index (χ3v) is 4.09. The third kappa shape index (κ3) is 3.86. The van der Waals surface area contributed by atoms with E-state index in [0.717, 1.165) is 29.9 Å². The summed E-state index contributed by atoms with van der Waals surface area (Å²) in [5.41, 5.74) is 1.20. The summed E-state index contributed by atoms with van der Waals surface area (Å²) in [5, 5.41) is 3.64. The average Bonchev–Trinajstić information content (AvgIpc) is 2.65. The molecule has 19 heavy (non-hydrogen) atoms. The summed E-state index contributed by atoms with van der Waals surface area (Å²) in [4.78, 5) is 2.45. The van der Waals surface area contributed by atoms with Crippen LogP contribution < -0.4 is 15.0 Å². The third-order valence-electron chi connectivity index (χ3n) is 3.60. The minimum Gasteiger partial charge on any atom is -0.495 e. The average molecular weight is 327 g/mol. The maximum absolute atomic E-state index is 5.51. The molecule has 1 fully saturated rings. The van der Waals surface area contributed by atoms with Gasteiger partial charge in [0.15, 0.2) is 0 Å². The largest absolute Gasteiger partial charge is 0.495 e. The number of rotatable bonds is 4. The summed E-state index contributed by atoms with van der Waals surface area (Å²) in [5.74, 6) is 0.959. The number of anilines is 1. The van der Waals surface area contributed by atoms with E-state index in [0.29, 0.717) is 6.04 Å². The van der Waals surface area contributed by atoms with Crippen molar-refractivity contribution in [3.63, 3.8) is 0 Å². The molecule has 4 heteroatoms. The highest BCUT2D eigenvalue weighted by atomic mass is 79.9. The van der Waals surface area contributed by atoms with Crippen LogP contribution in [0, 0.1) is 0 Å². The van der Waals surface area contributed by atoms with Crippen molar-refractivity contribution in [3.05, 3.63) is 22.7 Å². The zero-order valence-corrected chi connectivity index (χ0v) is 13.4. The number of halogens is 1. The molecule has 0 bridgehead atoms. The Bertz CT molecular complexity index is 411. The highest BCUT2D eigenvalue weighted by molar-refractivity contribution is 9.10. The van der Waals surface area contributed by atoms with Gasteiger partial charge in [-0.25, -0.2) is 0 Å². The smallest absolute Gasteiger partial charge is 0.142 e. The lowest BCUT2D eigenvalue weighted by atomic mass is 10.1. The second-order valence-corrected chi connectivity index (χ2v) is 5.97. The van der Waals surface area contributed by atoms with Crippen LogP contribution in [0.1, 0.15) is 26.2 Å². The van der Waals surface area contributed by atoms with Crippen molar-refractivity contribution in [2.24, 2.45) is 0 Å². The van der Waals surface area contributed by atoms with E-state index in [1.807, 2.05) is 12.1 Å². The zero-order valence-electron chi connectivity index (χ0n) is 11.8. The summed E-state index contributed by atoms with van der Waals surface area (Å²) in [7, 11) is 1.74. The zero-order chi connectivity index (χ0) is 13.7. The van der Waals surface area contributed by atoms with Crippen LogP contribution in [0.5, 0.6) is 5.75 Å². The molecule has 106 valence electrons. The Morgan fingerprint density at radius 2 is 2.32 bits per heavy atom. The molecule has 2 rings (SSSR count). The highest BCUT2D eigenvalue weighted by Crippen LogP contribution is 2.32. The molecule has 1 aromatic carbocycles. The first kappa shape index (κ1) is 14.7. The Kier molecular flexibility index (Phi) is 5.52. The van der Waals surface area contributed by atoms with Gasteiger partial charge >= 0.3 is 0 Å². The fraction of sp³-hybridized carbons (Fsp3) is 0.600. The molecule has 1 heterocycles. The first-order chi connectivity index (χ1) is 9.24. The SMILES string of the molecule is CCCC1CN(c2cc(Br)ccc2OC)CCCN1. The van der Waals surface area contributed by atoms with Crippen molar-refractivity contribution in [2.45, 2.75) is 32.2 Å². The van der Waals surface area contributed by atoms with Gasteiger partial charge < -0.3 is 15.0 Å². The lowest BCUT2D eigenvalue weighted by Gasteiger charge is -2.28. The van der Waals surface area contributed by atoms with Crippen LogP contribution in [0.3, 0.4) is 0 Å². The monoisotopic (exact) mass is 326 g/mol. The van der Waals surface area contributed by atoms with Crippen LogP contribution in [-0.4, -0.2) is 32.8 Å². The van der Waals surface area contributed by atoms with E-state index in [9.17, 15) is 0 Å². The Morgan fingerprint density at radius 1 is 1.47 bits per heavy atom. The van der Waals surface area contributed by atoms with Crippen LogP contribution >= 0.6 is 15.9 Å². The first-order valence-corrected chi connectivity index (χ1v) is 7.85. The molecule has 1 aliphatic heterocycles. The number of nitrogens with one attached hydrogen (secondary N) is 1. The molecule has 3 nitrogen and oxygen atoms in total. The Hall–Kier alpha value is -0.740. The van der Waals surface area contributed by atoms with Gasteiger partial charge in [-0.15, -0.1) is 0 Å². The molecule has 0 aliphatic carbocycles. The molecule has 0 aromatic heterocycles. The highest BCUT2D eigenvalue weighted by Gasteiger charge is 2.19. The van der Waals surface area contributed by atoms with E-state index in [1.54, 1.807) is 7.11 Å². The van der Waals surface area contributed by atoms with E-state index < -0.39 is 0 Å². The summed E-state index contributed by atoms with van der Waals surface area (Å²) in [6, 6.07) is 6.80. The first-order valence-electron chi connectivity index (χ1n) is 7.06. The van der Waals surface area contributed by atoms with Gasteiger partial charge in [-0.2, -0.15) is 0 Å². The van der Waals surface area contributed by atoms with E-state index in [1.165, 1.54) is 24.9 Å². The second kappa shape index (κ2) is 7.15. The normalized spacial score (nSPS) is 20.2. The van der Waals surface area contributed by atoms with Crippen LogP contribution in [0.15, 0.2) is 22.7 Å². The molecule has 0 amide bonds. The second-order valence-electron chi connectivity index (χ2n) is 5.06. The molecule has 1 aliphatic rings. The van der Waals surface area contributed by atoms with Crippen molar-refractivity contribution in [3.8, 4) is 5.75 Å². The fourth-order valence-corrected chi connectivity index (χ4v) is 3.02. The van der Waals surface area contributed by atoms with E-state index in [4.69, 9.17) is 4.74 Å². The van der Waals surface area contributed by atoms with Crippen LogP contribution in [0.4, 0.5) is 5.69 Å². The summed E-state index contributed by atoms with van der Waals surface area (Å²) >= 11 is 3.56. The Labute approximate surface area is 124 Å². The molecule has 1 atom stereocenters. The summed E-state index contributed by atoms with van der Waals surface area (Å²) < 4.78 is 6.61. The number of ether oxygens (including phenoxy) is 1. The van der Waals surface area contributed by atoms with Crippen molar-refractivity contribution >= 4 is 21.6 Å².